The van der Waals surface area contributed by atoms with Gasteiger partial charge in [-0.25, -0.2) is 9.69 Å². The Morgan fingerprint density at radius 1 is 0.871 bits per heavy atom. The lowest BCUT2D eigenvalue weighted by molar-refractivity contribution is -0.113. The molecule has 1 heterocycles. The minimum absolute atomic E-state index is 0.245. The number of carbonyl (C=O) groups excluding carboxylic acids is 2. The van der Waals surface area contributed by atoms with Crippen LogP contribution in [0.1, 0.15) is 11.1 Å². The molecule has 0 aromatic heterocycles. The highest BCUT2D eigenvalue weighted by molar-refractivity contribution is 6.28. The smallest absolute Gasteiger partial charge is 0.333 e. The van der Waals surface area contributed by atoms with E-state index in [0.29, 0.717) is 17.2 Å². The van der Waals surface area contributed by atoms with Crippen molar-refractivity contribution in [2.24, 2.45) is 0 Å². The summed E-state index contributed by atoms with van der Waals surface area (Å²) in [5.41, 5.74) is 2.75. The average Bonchev–Trinajstić information content (AvgIpc) is 3.03. The van der Waals surface area contributed by atoms with Gasteiger partial charge in [-0.1, -0.05) is 42.5 Å². The second-order valence-electron chi connectivity index (χ2n) is 7.52. The Labute approximate surface area is 181 Å². The van der Waals surface area contributed by atoms with E-state index in [-0.39, 0.29) is 11.6 Å². The van der Waals surface area contributed by atoms with E-state index < -0.39 is 6.03 Å². The van der Waals surface area contributed by atoms with Crippen LogP contribution in [0, 0.1) is 0 Å². The maximum absolute atomic E-state index is 12.8. The predicted octanol–water partition coefficient (Wildman–Crippen LogP) is 4.64. The summed E-state index contributed by atoms with van der Waals surface area (Å²) in [5.74, 6) is 0.946. The molecular weight excluding hydrogens is 390 g/mol. The van der Waals surface area contributed by atoms with Crippen molar-refractivity contribution in [2.75, 3.05) is 19.0 Å². The van der Waals surface area contributed by atoms with Gasteiger partial charge in [0, 0.05) is 6.54 Å². The van der Waals surface area contributed by atoms with Crippen molar-refractivity contribution in [3.63, 3.8) is 0 Å². The summed E-state index contributed by atoms with van der Waals surface area (Å²) in [7, 11) is 4.02. The Kier molecular flexibility index (Phi) is 5.82. The van der Waals surface area contributed by atoms with Gasteiger partial charge in [-0.2, -0.15) is 0 Å². The number of imide groups is 1. The molecule has 156 valence electrons. The van der Waals surface area contributed by atoms with E-state index in [2.05, 4.69) is 10.2 Å². The lowest BCUT2D eigenvalue weighted by Crippen LogP contribution is -2.30. The Morgan fingerprint density at radius 2 is 1.52 bits per heavy atom. The van der Waals surface area contributed by atoms with Gasteiger partial charge in [0.2, 0.25) is 0 Å². The molecule has 1 aliphatic heterocycles. The molecule has 0 spiro atoms. The third-order valence-corrected chi connectivity index (χ3v) is 4.74. The normalized spacial score (nSPS) is 14.9. The van der Waals surface area contributed by atoms with E-state index in [1.54, 1.807) is 30.3 Å². The zero-order chi connectivity index (χ0) is 21.8. The monoisotopic (exact) mass is 413 g/mol. The molecule has 0 saturated carbocycles. The summed E-state index contributed by atoms with van der Waals surface area (Å²) in [6.45, 7) is 0.838. The molecule has 0 radical (unpaired) electrons. The molecule has 3 aromatic carbocycles. The molecule has 6 nitrogen and oxygen atoms in total. The summed E-state index contributed by atoms with van der Waals surface area (Å²) in [4.78, 5) is 28.5. The summed E-state index contributed by atoms with van der Waals surface area (Å²) >= 11 is 0. The first kappa shape index (κ1) is 20.4. The van der Waals surface area contributed by atoms with Crippen molar-refractivity contribution < 1.29 is 14.3 Å². The van der Waals surface area contributed by atoms with Gasteiger partial charge >= 0.3 is 6.03 Å². The number of anilines is 1. The van der Waals surface area contributed by atoms with Crippen LogP contribution in [0.5, 0.6) is 11.5 Å². The molecule has 0 aliphatic carbocycles. The van der Waals surface area contributed by atoms with Gasteiger partial charge in [0.1, 0.15) is 17.2 Å². The number of benzene rings is 3. The van der Waals surface area contributed by atoms with Gasteiger partial charge in [-0.3, -0.25) is 4.79 Å². The lowest BCUT2D eigenvalue weighted by Gasteiger charge is -2.13. The minimum atomic E-state index is -0.475. The van der Waals surface area contributed by atoms with E-state index >= 15 is 0 Å². The third-order valence-electron chi connectivity index (χ3n) is 4.74. The third kappa shape index (κ3) is 4.82. The Bertz CT molecular complexity index is 1110. The molecule has 0 atom stereocenters. The number of hydrogen-bond donors (Lipinski definition) is 1. The fourth-order valence-electron chi connectivity index (χ4n) is 3.31. The van der Waals surface area contributed by atoms with Gasteiger partial charge in [0.25, 0.3) is 5.91 Å². The predicted molar refractivity (Wildman–Crippen MR) is 121 cm³/mol. The van der Waals surface area contributed by atoms with Crippen LogP contribution < -0.4 is 15.0 Å². The second kappa shape index (κ2) is 8.85. The highest BCUT2D eigenvalue weighted by atomic mass is 16.5. The number of carbonyl (C=O) groups is 2. The van der Waals surface area contributed by atoms with Crippen molar-refractivity contribution in [2.45, 2.75) is 6.54 Å². The van der Waals surface area contributed by atoms with Crippen LogP contribution in [0.4, 0.5) is 10.5 Å². The zero-order valence-electron chi connectivity index (χ0n) is 17.4. The molecule has 3 aromatic rings. The molecule has 1 fully saturated rings. The summed E-state index contributed by atoms with van der Waals surface area (Å²) in [6, 6.07) is 23.7. The van der Waals surface area contributed by atoms with Crippen molar-refractivity contribution in [1.29, 1.82) is 0 Å². The minimum Gasteiger partial charge on any atom is -0.457 e. The number of amides is 3. The Balaban J connectivity index is 1.48. The number of nitrogens with zero attached hydrogens (tertiary/aromatic N) is 2. The fraction of sp³-hybridized carbons (Fsp3) is 0.120. The molecule has 0 unspecified atom stereocenters. The highest BCUT2D eigenvalue weighted by Gasteiger charge is 2.34. The van der Waals surface area contributed by atoms with Crippen LogP contribution in [0.25, 0.3) is 6.08 Å². The Morgan fingerprint density at radius 3 is 2.16 bits per heavy atom. The van der Waals surface area contributed by atoms with Crippen LogP contribution in [-0.2, 0) is 11.3 Å². The summed E-state index contributed by atoms with van der Waals surface area (Å²) in [5, 5.41) is 2.66. The second-order valence-corrected chi connectivity index (χ2v) is 7.52. The molecule has 31 heavy (non-hydrogen) atoms. The molecule has 4 rings (SSSR count). The fourth-order valence-corrected chi connectivity index (χ4v) is 3.31. The zero-order valence-corrected chi connectivity index (χ0v) is 17.4. The first-order valence-electron chi connectivity index (χ1n) is 9.93. The molecule has 6 heteroatoms. The first-order chi connectivity index (χ1) is 15.0. The van der Waals surface area contributed by atoms with Gasteiger partial charge in [-0.15, -0.1) is 0 Å². The van der Waals surface area contributed by atoms with Crippen LogP contribution in [0.3, 0.4) is 0 Å². The average molecular weight is 413 g/mol. The van der Waals surface area contributed by atoms with E-state index in [4.69, 9.17) is 4.74 Å². The van der Waals surface area contributed by atoms with Gasteiger partial charge in [-0.05, 0) is 67.7 Å². The topological polar surface area (TPSA) is 61.9 Å². The number of urea groups is 1. The van der Waals surface area contributed by atoms with Gasteiger partial charge in [0.05, 0.1) is 5.69 Å². The summed E-state index contributed by atoms with van der Waals surface area (Å²) in [6.07, 6.45) is 1.69. The maximum Gasteiger partial charge on any atom is 0.333 e. The van der Waals surface area contributed by atoms with E-state index in [1.165, 1.54) is 5.56 Å². The van der Waals surface area contributed by atoms with Crippen molar-refractivity contribution in [3.8, 4) is 11.5 Å². The molecular formula is C25H23N3O3. The molecule has 0 bridgehead atoms. The van der Waals surface area contributed by atoms with Crippen LogP contribution in [-0.4, -0.2) is 30.9 Å². The summed E-state index contributed by atoms with van der Waals surface area (Å²) < 4.78 is 5.76. The quantitative estimate of drug-likeness (QED) is 0.473. The molecule has 3 amide bonds. The van der Waals surface area contributed by atoms with E-state index in [0.717, 1.165) is 17.0 Å². The maximum atomic E-state index is 12.8. The first-order valence-corrected chi connectivity index (χ1v) is 9.93. The standard InChI is InChI=1S/C25H23N3O3/c1-27(2)17-19-10-8-18(9-11-19)16-23-24(29)28(25(30)26-23)20-12-14-22(15-13-20)31-21-6-4-3-5-7-21/h3-16H,17H2,1-2H3,(H,26,30)/b23-16-. The van der Waals surface area contributed by atoms with E-state index in [1.807, 2.05) is 68.7 Å². The SMILES string of the molecule is CN(C)Cc1ccc(/C=C2\NC(=O)N(c3ccc(Oc4ccccc4)cc3)C2=O)cc1. The number of nitrogens with one attached hydrogen (secondary N) is 1. The molecule has 1 aliphatic rings. The van der Waals surface area contributed by atoms with Crippen molar-refractivity contribution in [1.82, 2.24) is 10.2 Å². The molecule has 1 N–H and O–H groups in total. The van der Waals surface area contributed by atoms with Gasteiger partial charge in [0.15, 0.2) is 0 Å². The molecule has 1 saturated heterocycles. The van der Waals surface area contributed by atoms with Crippen LogP contribution in [0.2, 0.25) is 0 Å². The lowest BCUT2D eigenvalue weighted by atomic mass is 10.1. The largest absolute Gasteiger partial charge is 0.457 e. The number of rotatable bonds is 6. The highest BCUT2D eigenvalue weighted by Crippen LogP contribution is 2.27. The van der Waals surface area contributed by atoms with Crippen LogP contribution in [0.15, 0.2) is 84.6 Å². The van der Waals surface area contributed by atoms with Crippen LogP contribution >= 0.6 is 0 Å². The van der Waals surface area contributed by atoms with E-state index in [9.17, 15) is 9.59 Å². The number of hydrogen-bond acceptors (Lipinski definition) is 4. The van der Waals surface area contributed by atoms with Crippen molar-refractivity contribution in [3.05, 3.63) is 95.7 Å². The number of para-hydroxylation sites is 1. The number of ether oxygens (including phenoxy) is 1. The van der Waals surface area contributed by atoms with Gasteiger partial charge < -0.3 is 15.0 Å². The van der Waals surface area contributed by atoms with Crippen molar-refractivity contribution >= 4 is 23.7 Å². The Hall–Kier alpha value is -3.90.